The predicted octanol–water partition coefficient (Wildman–Crippen LogP) is 0.357. The summed E-state index contributed by atoms with van der Waals surface area (Å²) in [4.78, 5) is 2.19. The molecule has 1 rings (SSSR count). The molecule has 5 nitrogen and oxygen atoms in total. The molecule has 0 fully saturated rings. The van der Waals surface area contributed by atoms with Gasteiger partial charge in [0.15, 0.2) is 0 Å². The van der Waals surface area contributed by atoms with E-state index in [1.165, 1.54) is 12.1 Å². The van der Waals surface area contributed by atoms with Crippen LogP contribution in [0.3, 0.4) is 0 Å². The van der Waals surface area contributed by atoms with E-state index in [2.05, 4.69) is 11.5 Å². The van der Waals surface area contributed by atoms with Crippen molar-refractivity contribution in [3.8, 4) is 0 Å². The third-order valence-corrected chi connectivity index (χ3v) is 3.70. The van der Waals surface area contributed by atoms with E-state index in [-0.39, 0.29) is 11.5 Å². The van der Waals surface area contributed by atoms with Crippen molar-refractivity contribution in [1.29, 1.82) is 0 Å². The number of primary sulfonamides is 1. The number of aliphatic hydroxyl groups excluding tert-OH is 1. The van der Waals surface area contributed by atoms with Gasteiger partial charge < -0.3 is 5.11 Å². The summed E-state index contributed by atoms with van der Waals surface area (Å²) in [6, 6.07) is 6.53. The van der Waals surface area contributed by atoms with Crippen molar-refractivity contribution < 1.29 is 13.5 Å². The third kappa shape index (κ3) is 5.52. The Bertz CT molecular complexity index is 497. The number of benzene rings is 1. The van der Waals surface area contributed by atoms with Crippen LogP contribution in [-0.4, -0.2) is 44.7 Å². The maximum absolute atomic E-state index is 11.1. The van der Waals surface area contributed by atoms with E-state index in [1.807, 2.05) is 0 Å². The number of hydrogen-bond acceptors (Lipinski definition) is 4. The van der Waals surface area contributed by atoms with Crippen LogP contribution >= 0.6 is 0 Å². The van der Waals surface area contributed by atoms with Crippen LogP contribution in [0.4, 0.5) is 0 Å². The van der Waals surface area contributed by atoms with Crippen LogP contribution in [0.25, 0.3) is 0 Å². The van der Waals surface area contributed by atoms with Crippen molar-refractivity contribution in [3.05, 3.63) is 42.5 Å². The number of nitrogens with zero attached hydrogens (tertiary/aromatic N) is 1. The van der Waals surface area contributed by atoms with Crippen molar-refractivity contribution >= 4 is 10.0 Å². The molecular weight excluding hydrogens is 264 g/mol. The van der Waals surface area contributed by atoms with E-state index < -0.39 is 10.0 Å². The Labute approximate surface area is 114 Å². The highest BCUT2D eigenvalue weighted by molar-refractivity contribution is 7.89. The van der Waals surface area contributed by atoms with E-state index in [0.29, 0.717) is 6.54 Å². The zero-order chi connectivity index (χ0) is 14.3. The van der Waals surface area contributed by atoms with Crippen molar-refractivity contribution in [3.63, 3.8) is 0 Å². The van der Waals surface area contributed by atoms with Gasteiger partial charge in [-0.2, -0.15) is 0 Å². The fourth-order valence-corrected chi connectivity index (χ4v) is 2.27. The van der Waals surface area contributed by atoms with E-state index in [1.54, 1.807) is 18.2 Å². The van der Waals surface area contributed by atoms with Gasteiger partial charge in [-0.1, -0.05) is 18.2 Å². The minimum Gasteiger partial charge on any atom is -0.395 e. The van der Waals surface area contributed by atoms with Crippen LogP contribution in [0.15, 0.2) is 41.8 Å². The molecule has 0 aliphatic heterocycles. The largest absolute Gasteiger partial charge is 0.395 e. The molecule has 0 spiro atoms. The second-order valence-electron chi connectivity index (χ2n) is 4.25. The lowest BCUT2D eigenvalue weighted by Crippen LogP contribution is -2.29. The van der Waals surface area contributed by atoms with Crippen LogP contribution in [0, 0.1) is 0 Å². The summed E-state index contributed by atoms with van der Waals surface area (Å²) < 4.78 is 22.2. The maximum Gasteiger partial charge on any atom is 0.238 e. The molecule has 0 amide bonds. The minimum atomic E-state index is -3.62. The summed E-state index contributed by atoms with van der Waals surface area (Å²) in [7, 11) is -3.62. The topological polar surface area (TPSA) is 83.6 Å². The van der Waals surface area contributed by atoms with Gasteiger partial charge in [0, 0.05) is 19.6 Å². The molecule has 0 bridgehead atoms. The number of rotatable bonds is 8. The van der Waals surface area contributed by atoms with Gasteiger partial charge in [-0.05, 0) is 24.1 Å². The van der Waals surface area contributed by atoms with Crippen LogP contribution < -0.4 is 5.14 Å². The van der Waals surface area contributed by atoms with Gasteiger partial charge >= 0.3 is 0 Å². The summed E-state index contributed by atoms with van der Waals surface area (Å²) in [6.07, 6.45) is 2.57. The zero-order valence-electron chi connectivity index (χ0n) is 10.8. The van der Waals surface area contributed by atoms with Gasteiger partial charge in [-0.25, -0.2) is 13.6 Å². The van der Waals surface area contributed by atoms with Gasteiger partial charge in [0.25, 0.3) is 0 Å². The van der Waals surface area contributed by atoms with Crippen LogP contribution in [0.1, 0.15) is 5.56 Å². The molecule has 6 heteroatoms. The standard InChI is InChI=1S/C13H20N2O3S/c1-2-8-15(10-11-16)9-7-12-3-5-13(6-4-12)19(14,17)18/h2-6,16H,1,7-11H2,(H2,14,17,18). The average molecular weight is 284 g/mol. The van der Waals surface area contributed by atoms with Gasteiger partial charge in [-0.3, -0.25) is 4.90 Å². The van der Waals surface area contributed by atoms with Gasteiger partial charge in [0.1, 0.15) is 0 Å². The Balaban J connectivity index is 2.60. The quantitative estimate of drug-likeness (QED) is 0.675. The zero-order valence-corrected chi connectivity index (χ0v) is 11.6. The lowest BCUT2D eigenvalue weighted by molar-refractivity contribution is 0.210. The normalized spacial score (nSPS) is 11.7. The lowest BCUT2D eigenvalue weighted by Gasteiger charge is -2.19. The highest BCUT2D eigenvalue weighted by Gasteiger charge is 2.07. The first-order chi connectivity index (χ1) is 8.97. The average Bonchev–Trinajstić information content (AvgIpc) is 2.36. The molecule has 0 aliphatic carbocycles. The van der Waals surface area contributed by atoms with Gasteiger partial charge in [0.2, 0.25) is 10.0 Å². The SMILES string of the molecule is C=CCN(CCO)CCc1ccc(S(N)(=O)=O)cc1. The summed E-state index contributed by atoms with van der Waals surface area (Å²) >= 11 is 0. The molecule has 19 heavy (non-hydrogen) atoms. The molecule has 0 saturated heterocycles. The predicted molar refractivity (Wildman–Crippen MR) is 75.2 cm³/mol. The van der Waals surface area contributed by atoms with Crippen molar-refractivity contribution in [2.24, 2.45) is 5.14 Å². The highest BCUT2D eigenvalue weighted by atomic mass is 32.2. The Hall–Kier alpha value is -1.21. The summed E-state index contributed by atoms with van der Waals surface area (Å²) in [6.45, 7) is 5.88. The molecule has 0 atom stereocenters. The molecular formula is C13H20N2O3S. The molecule has 106 valence electrons. The second-order valence-corrected chi connectivity index (χ2v) is 5.81. The van der Waals surface area contributed by atoms with Crippen LogP contribution in [0.2, 0.25) is 0 Å². The molecule has 0 heterocycles. The van der Waals surface area contributed by atoms with E-state index >= 15 is 0 Å². The monoisotopic (exact) mass is 284 g/mol. The summed E-state index contributed by atoms with van der Waals surface area (Å²) in [5, 5.41) is 14.0. The Morgan fingerprint density at radius 3 is 2.37 bits per heavy atom. The first-order valence-corrected chi connectivity index (χ1v) is 7.58. The molecule has 0 aliphatic rings. The molecule has 0 aromatic heterocycles. The Morgan fingerprint density at radius 1 is 1.26 bits per heavy atom. The first-order valence-electron chi connectivity index (χ1n) is 6.03. The third-order valence-electron chi connectivity index (χ3n) is 2.77. The molecule has 0 saturated carbocycles. The fraction of sp³-hybridized carbons (Fsp3) is 0.385. The highest BCUT2D eigenvalue weighted by Crippen LogP contribution is 2.09. The Morgan fingerprint density at radius 2 is 1.89 bits per heavy atom. The molecule has 1 aromatic carbocycles. The summed E-state index contributed by atoms with van der Waals surface area (Å²) in [5.74, 6) is 0. The van der Waals surface area contributed by atoms with Crippen molar-refractivity contribution in [1.82, 2.24) is 4.90 Å². The van der Waals surface area contributed by atoms with Crippen LogP contribution in [0.5, 0.6) is 0 Å². The maximum atomic E-state index is 11.1. The smallest absolute Gasteiger partial charge is 0.238 e. The molecule has 3 N–H and O–H groups in total. The number of sulfonamides is 1. The van der Waals surface area contributed by atoms with Crippen LogP contribution in [-0.2, 0) is 16.4 Å². The van der Waals surface area contributed by atoms with E-state index in [4.69, 9.17) is 10.2 Å². The van der Waals surface area contributed by atoms with Gasteiger partial charge in [-0.15, -0.1) is 6.58 Å². The van der Waals surface area contributed by atoms with E-state index in [0.717, 1.165) is 25.1 Å². The number of aliphatic hydroxyl groups is 1. The molecule has 1 aromatic rings. The second kappa shape index (κ2) is 7.40. The molecule has 0 radical (unpaired) electrons. The van der Waals surface area contributed by atoms with Crippen molar-refractivity contribution in [2.75, 3.05) is 26.2 Å². The Kier molecular flexibility index (Phi) is 6.17. The van der Waals surface area contributed by atoms with Gasteiger partial charge in [0.05, 0.1) is 11.5 Å². The first kappa shape index (κ1) is 15.8. The van der Waals surface area contributed by atoms with Crippen molar-refractivity contribution in [2.45, 2.75) is 11.3 Å². The lowest BCUT2D eigenvalue weighted by atomic mass is 10.1. The fourth-order valence-electron chi connectivity index (χ4n) is 1.75. The molecule has 0 unspecified atom stereocenters. The minimum absolute atomic E-state index is 0.109. The summed E-state index contributed by atoms with van der Waals surface area (Å²) in [5.41, 5.74) is 1.03. The van der Waals surface area contributed by atoms with E-state index in [9.17, 15) is 8.42 Å². The number of hydrogen-bond donors (Lipinski definition) is 2. The number of nitrogens with two attached hydrogens (primary N) is 1.